The largest absolute Gasteiger partial charge is 0.476 e. The van der Waals surface area contributed by atoms with Gasteiger partial charge >= 0.3 is 5.97 Å². The van der Waals surface area contributed by atoms with Gasteiger partial charge in [0.25, 0.3) is 5.76 Å². The Labute approximate surface area is 105 Å². The third kappa shape index (κ3) is 2.86. The van der Waals surface area contributed by atoms with Crippen molar-refractivity contribution in [1.82, 2.24) is 5.16 Å². The van der Waals surface area contributed by atoms with E-state index in [1.54, 1.807) is 12.1 Å². The number of hydrogen-bond acceptors (Lipinski definition) is 4. The number of hydrogen-bond donors (Lipinski definition) is 1. The lowest BCUT2D eigenvalue weighted by molar-refractivity contribution is 0.0686. The number of aromatic carboxylic acids is 1. The zero-order chi connectivity index (χ0) is 13.1. The zero-order valence-corrected chi connectivity index (χ0v) is 9.66. The van der Waals surface area contributed by atoms with E-state index in [1.165, 1.54) is 18.2 Å². The Morgan fingerprint density at radius 1 is 1.33 bits per heavy atom. The summed E-state index contributed by atoms with van der Waals surface area (Å²) in [4.78, 5) is 11.0. The highest BCUT2D eigenvalue weighted by molar-refractivity contribution is 7.99. The number of nitrogens with zero attached hydrogens (tertiary/aromatic N) is 1. The summed E-state index contributed by atoms with van der Waals surface area (Å²) in [6, 6.07) is 7.43. The van der Waals surface area contributed by atoms with Crippen LogP contribution in [0.25, 0.3) is 11.3 Å². The van der Waals surface area contributed by atoms with E-state index in [2.05, 4.69) is 5.16 Å². The van der Waals surface area contributed by atoms with Crippen molar-refractivity contribution in [2.75, 3.05) is 0 Å². The molecule has 18 heavy (non-hydrogen) atoms. The van der Waals surface area contributed by atoms with Gasteiger partial charge in [-0.25, -0.2) is 4.79 Å². The van der Waals surface area contributed by atoms with Gasteiger partial charge in [-0.2, -0.15) is 8.78 Å². The lowest BCUT2D eigenvalue weighted by Crippen LogP contribution is -1.94. The summed E-state index contributed by atoms with van der Waals surface area (Å²) in [5.41, 5.74) is 0.379. The van der Waals surface area contributed by atoms with Gasteiger partial charge in [-0.1, -0.05) is 29.1 Å². The number of carbonyl (C=O) groups is 1. The second-order valence-electron chi connectivity index (χ2n) is 3.28. The average molecular weight is 271 g/mol. The van der Waals surface area contributed by atoms with Gasteiger partial charge in [0.05, 0.1) is 0 Å². The minimum absolute atomic E-state index is 0.198. The molecule has 1 N–H and O–H groups in total. The second-order valence-corrected chi connectivity index (χ2v) is 4.35. The maximum absolute atomic E-state index is 12.1. The van der Waals surface area contributed by atoms with Crippen LogP contribution in [0.3, 0.4) is 0 Å². The topological polar surface area (TPSA) is 63.3 Å². The number of alkyl halides is 2. The summed E-state index contributed by atoms with van der Waals surface area (Å²) in [5.74, 6) is -3.38. The summed E-state index contributed by atoms with van der Waals surface area (Å²) in [5, 5.41) is 12.0. The molecular weight excluding hydrogens is 264 g/mol. The van der Waals surface area contributed by atoms with Gasteiger partial charge in [0.2, 0.25) is 0 Å². The quantitative estimate of drug-likeness (QED) is 0.864. The first-order valence-electron chi connectivity index (χ1n) is 4.81. The van der Waals surface area contributed by atoms with E-state index in [-0.39, 0.29) is 11.5 Å². The van der Waals surface area contributed by atoms with Crippen molar-refractivity contribution < 1.29 is 23.2 Å². The Hall–Kier alpha value is -1.89. The Kier molecular flexibility index (Phi) is 3.61. The molecule has 2 aromatic rings. The lowest BCUT2D eigenvalue weighted by atomic mass is 10.1. The van der Waals surface area contributed by atoms with Crippen LogP contribution >= 0.6 is 11.8 Å². The summed E-state index contributed by atoms with van der Waals surface area (Å²) in [6.45, 7) is 0. The van der Waals surface area contributed by atoms with Crippen molar-refractivity contribution in [1.29, 1.82) is 0 Å². The minimum Gasteiger partial charge on any atom is -0.476 e. The molecule has 0 spiro atoms. The van der Waals surface area contributed by atoms with E-state index in [1.807, 2.05) is 0 Å². The van der Waals surface area contributed by atoms with Gasteiger partial charge in [-0.3, -0.25) is 0 Å². The van der Waals surface area contributed by atoms with Crippen LogP contribution in [0.2, 0.25) is 0 Å². The van der Waals surface area contributed by atoms with Gasteiger partial charge in [0.1, 0.15) is 0 Å². The Balaban J connectivity index is 2.20. The molecule has 0 aliphatic rings. The maximum Gasteiger partial charge on any atom is 0.358 e. The van der Waals surface area contributed by atoms with Crippen molar-refractivity contribution >= 4 is 17.7 Å². The van der Waals surface area contributed by atoms with E-state index in [4.69, 9.17) is 9.63 Å². The number of halogens is 2. The number of carboxylic acids is 1. The minimum atomic E-state index is -2.47. The van der Waals surface area contributed by atoms with E-state index in [0.717, 1.165) is 0 Å². The molecule has 0 amide bonds. The number of rotatable bonds is 4. The van der Waals surface area contributed by atoms with Crippen LogP contribution in [0.1, 0.15) is 10.5 Å². The molecule has 0 atom stereocenters. The molecule has 1 heterocycles. The fourth-order valence-electron chi connectivity index (χ4n) is 1.31. The van der Waals surface area contributed by atoms with Crippen LogP contribution in [-0.4, -0.2) is 22.0 Å². The van der Waals surface area contributed by atoms with Crippen LogP contribution in [0.5, 0.6) is 0 Å². The summed E-state index contributed by atoms with van der Waals surface area (Å²) >= 11 is 0.439. The molecule has 4 nitrogen and oxygen atoms in total. The van der Waals surface area contributed by atoms with Crippen molar-refractivity contribution in [3.63, 3.8) is 0 Å². The molecule has 0 bridgehead atoms. The monoisotopic (exact) mass is 271 g/mol. The third-order valence-electron chi connectivity index (χ3n) is 2.09. The third-order valence-corrected chi connectivity index (χ3v) is 2.82. The maximum atomic E-state index is 12.1. The first-order valence-corrected chi connectivity index (χ1v) is 5.69. The Bertz CT molecular complexity index is 554. The highest BCUT2D eigenvalue weighted by atomic mass is 32.2. The van der Waals surface area contributed by atoms with Crippen molar-refractivity contribution in [2.24, 2.45) is 0 Å². The highest BCUT2D eigenvalue weighted by Gasteiger charge is 2.12. The average Bonchev–Trinajstić information content (AvgIpc) is 2.78. The van der Waals surface area contributed by atoms with Crippen LogP contribution in [0.4, 0.5) is 8.78 Å². The summed E-state index contributed by atoms with van der Waals surface area (Å²) in [6.07, 6.45) is 0. The van der Waals surface area contributed by atoms with Crippen molar-refractivity contribution in [3.8, 4) is 11.3 Å². The number of benzene rings is 1. The summed E-state index contributed by atoms with van der Waals surface area (Å²) < 4.78 is 29.1. The number of carboxylic acid groups (broad SMARTS) is 1. The van der Waals surface area contributed by atoms with Gasteiger partial charge in [-0.15, -0.1) is 0 Å². The fourth-order valence-corrected chi connectivity index (χ4v) is 1.81. The molecule has 1 aromatic heterocycles. The molecule has 7 heteroatoms. The Morgan fingerprint density at radius 2 is 2.00 bits per heavy atom. The molecule has 2 rings (SSSR count). The SMILES string of the molecule is O=C(O)c1cc(-c2ccc(SC(F)F)cc2)on1. The molecule has 1 aromatic carbocycles. The molecule has 0 fully saturated rings. The standard InChI is InChI=1S/C11H7F2NO3S/c12-11(13)18-7-3-1-6(2-4-7)9-5-8(10(15)16)14-17-9/h1-5,11H,(H,15,16). The molecule has 0 aliphatic carbocycles. The van der Waals surface area contributed by atoms with Gasteiger partial charge in [0.15, 0.2) is 11.5 Å². The smallest absolute Gasteiger partial charge is 0.358 e. The van der Waals surface area contributed by atoms with E-state index in [9.17, 15) is 13.6 Å². The number of thioether (sulfide) groups is 1. The molecule has 0 radical (unpaired) electrons. The normalized spacial score (nSPS) is 10.8. The molecular formula is C11H7F2NO3S. The first-order chi connectivity index (χ1) is 8.56. The highest BCUT2D eigenvalue weighted by Crippen LogP contribution is 2.28. The van der Waals surface area contributed by atoms with Crippen LogP contribution in [0, 0.1) is 0 Å². The van der Waals surface area contributed by atoms with Gasteiger partial charge in [-0.05, 0) is 12.1 Å². The predicted molar refractivity (Wildman–Crippen MR) is 60.8 cm³/mol. The van der Waals surface area contributed by atoms with Crippen LogP contribution < -0.4 is 0 Å². The van der Waals surface area contributed by atoms with Crippen molar-refractivity contribution in [2.45, 2.75) is 10.7 Å². The van der Waals surface area contributed by atoms with Gasteiger partial charge < -0.3 is 9.63 Å². The van der Waals surface area contributed by atoms with Crippen LogP contribution in [-0.2, 0) is 0 Å². The van der Waals surface area contributed by atoms with Crippen molar-refractivity contribution in [3.05, 3.63) is 36.0 Å². The second kappa shape index (κ2) is 5.18. The lowest BCUT2D eigenvalue weighted by Gasteiger charge is -2.00. The fraction of sp³-hybridized carbons (Fsp3) is 0.0909. The molecule has 0 unspecified atom stereocenters. The molecule has 94 valence electrons. The number of aromatic nitrogens is 1. The predicted octanol–water partition coefficient (Wildman–Crippen LogP) is 3.35. The first kappa shape index (κ1) is 12.6. The van der Waals surface area contributed by atoms with E-state index < -0.39 is 11.7 Å². The van der Waals surface area contributed by atoms with Gasteiger partial charge in [0, 0.05) is 16.5 Å². The zero-order valence-electron chi connectivity index (χ0n) is 8.84. The molecule has 0 saturated heterocycles. The Morgan fingerprint density at radius 3 is 2.50 bits per heavy atom. The van der Waals surface area contributed by atoms with E-state index >= 15 is 0 Å². The molecule has 0 aliphatic heterocycles. The van der Waals surface area contributed by atoms with Crippen LogP contribution in [0.15, 0.2) is 39.8 Å². The summed E-state index contributed by atoms with van der Waals surface area (Å²) in [7, 11) is 0. The van der Waals surface area contributed by atoms with E-state index in [0.29, 0.717) is 22.2 Å². The molecule has 0 saturated carbocycles.